The van der Waals surface area contributed by atoms with Gasteiger partial charge in [-0.05, 0) is 71.6 Å². The highest BCUT2D eigenvalue weighted by Crippen LogP contribution is 2.34. The Balaban J connectivity index is 2.01. The molecule has 0 saturated heterocycles. The van der Waals surface area contributed by atoms with Crippen LogP contribution >= 0.6 is 6.58 Å². The van der Waals surface area contributed by atoms with Crippen LogP contribution in [0.2, 0.25) is 0 Å². The van der Waals surface area contributed by atoms with Gasteiger partial charge in [-0.1, -0.05) is 60.7 Å². The van der Waals surface area contributed by atoms with Gasteiger partial charge in [-0.3, -0.25) is 4.57 Å². The Hall–Kier alpha value is -2.06. The van der Waals surface area contributed by atoms with Gasteiger partial charge in [0.25, 0.3) is 0 Å². The van der Waals surface area contributed by atoms with Crippen LogP contribution in [0, 0.1) is 0 Å². The highest BCUT2D eigenvalue weighted by molar-refractivity contribution is 8.34. The molecule has 0 aliphatic carbocycles. The molecule has 0 radical (unpaired) electrons. The van der Waals surface area contributed by atoms with Crippen molar-refractivity contribution in [3.05, 3.63) is 78.9 Å². The quantitative estimate of drug-likeness (QED) is 0.342. The van der Waals surface area contributed by atoms with Crippen LogP contribution in [-0.4, -0.2) is 0 Å². The van der Waals surface area contributed by atoms with E-state index in [0.717, 1.165) is 20.4 Å². The lowest BCUT2D eigenvalue weighted by Gasteiger charge is -2.11. The van der Waals surface area contributed by atoms with Gasteiger partial charge < -0.3 is 0 Å². The maximum Gasteiger partial charge on any atom is 0.197 e. The monoisotopic (exact) mass is 364 g/mol. The molecule has 116 valence electrons. The van der Waals surface area contributed by atoms with E-state index >= 15 is 0 Å². The Morgan fingerprint density at radius 3 is 2.08 bits per heavy atom. The van der Waals surface area contributed by atoms with Gasteiger partial charge in [-0.25, -0.2) is 0 Å². The van der Waals surface area contributed by atoms with Crippen molar-refractivity contribution in [1.29, 1.82) is 0 Å². The van der Waals surface area contributed by atoms with E-state index in [1.807, 2.05) is 24.3 Å². The van der Waals surface area contributed by atoms with Crippen LogP contribution in [0.5, 0.6) is 0 Å². The molecule has 1 nitrogen and oxygen atoms in total. The molecule has 4 aromatic rings. The molecule has 0 bridgehead atoms. The highest BCUT2D eigenvalue weighted by atomic mass is 32.9. The van der Waals surface area contributed by atoms with Crippen LogP contribution in [0.25, 0.3) is 32.7 Å². The van der Waals surface area contributed by atoms with Gasteiger partial charge in [0.05, 0.1) is 0 Å². The SMILES string of the molecule is O=P(=S=S)c1ccc(-c2cc3ccccc3c3ccccc23)cc1. The maximum absolute atomic E-state index is 11.9. The van der Waals surface area contributed by atoms with E-state index < -0.39 is 6.58 Å². The Morgan fingerprint density at radius 1 is 0.750 bits per heavy atom. The largest absolute Gasteiger partial charge is 0.265 e. The van der Waals surface area contributed by atoms with Crippen LogP contribution in [0.15, 0.2) is 78.9 Å². The molecular weight excluding hydrogens is 351 g/mol. The van der Waals surface area contributed by atoms with Crippen molar-refractivity contribution < 1.29 is 4.57 Å². The highest BCUT2D eigenvalue weighted by Gasteiger charge is 2.08. The molecule has 4 rings (SSSR count). The van der Waals surface area contributed by atoms with E-state index in [1.54, 1.807) is 0 Å². The standard InChI is InChI=1S/C20H13OPS2/c21-22(24-23)16-11-9-14(10-12-16)20-13-15-5-1-2-6-17(15)18-7-3-4-8-19(18)20/h1-13H. The van der Waals surface area contributed by atoms with Crippen molar-refractivity contribution >= 4 is 54.1 Å². The summed E-state index contributed by atoms with van der Waals surface area (Å²) in [6, 6.07) is 27.0. The minimum absolute atomic E-state index is 0.791. The Morgan fingerprint density at radius 2 is 1.38 bits per heavy atom. The zero-order chi connectivity index (χ0) is 16.5. The zero-order valence-electron chi connectivity index (χ0n) is 12.7. The third-order valence-electron chi connectivity index (χ3n) is 4.22. The van der Waals surface area contributed by atoms with Crippen LogP contribution in [0.4, 0.5) is 0 Å². The molecule has 0 aliphatic rings. The first-order valence-corrected chi connectivity index (χ1v) is 11.2. The van der Waals surface area contributed by atoms with Gasteiger partial charge in [-0.15, -0.1) is 0 Å². The smallest absolute Gasteiger partial charge is 0.197 e. The van der Waals surface area contributed by atoms with Gasteiger partial charge in [0, 0.05) is 5.30 Å². The fourth-order valence-corrected chi connectivity index (χ4v) is 4.98. The molecule has 0 amide bonds. The topological polar surface area (TPSA) is 17.1 Å². The maximum atomic E-state index is 11.9. The normalized spacial score (nSPS) is 11.6. The summed E-state index contributed by atoms with van der Waals surface area (Å²) in [4.78, 5) is 0. The number of hydrogen-bond acceptors (Lipinski definition) is 2. The molecule has 0 N–H and O–H groups in total. The summed E-state index contributed by atoms with van der Waals surface area (Å²) in [5, 5.41) is 5.76. The second-order valence-corrected chi connectivity index (χ2v) is 9.53. The molecule has 0 saturated carbocycles. The van der Waals surface area contributed by atoms with E-state index in [0.29, 0.717) is 0 Å². The Labute approximate surface area is 148 Å². The molecule has 1 atom stereocenters. The molecule has 0 aromatic heterocycles. The van der Waals surface area contributed by atoms with Crippen LogP contribution < -0.4 is 5.30 Å². The van der Waals surface area contributed by atoms with Gasteiger partial charge >= 0.3 is 0 Å². The van der Waals surface area contributed by atoms with Crippen molar-refractivity contribution in [3.8, 4) is 11.1 Å². The molecular formula is C20H13OPS2. The van der Waals surface area contributed by atoms with Gasteiger partial charge in [0.15, 0.2) is 6.58 Å². The van der Waals surface area contributed by atoms with E-state index in [9.17, 15) is 4.57 Å². The van der Waals surface area contributed by atoms with Crippen molar-refractivity contribution in [2.45, 2.75) is 0 Å². The summed E-state index contributed by atoms with van der Waals surface area (Å²) in [6.07, 6.45) is 0. The molecule has 0 heterocycles. The first-order valence-electron chi connectivity index (χ1n) is 7.56. The second kappa shape index (κ2) is 6.45. The molecule has 24 heavy (non-hydrogen) atoms. The third-order valence-corrected chi connectivity index (χ3v) is 7.34. The number of hydrogen-bond donors (Lipinski definition) is 0. The Kier molecular flexibility index (Phi) is 4.15. The number of fused-ring (bicyclic) bond motifs is 3. The predicted octanol–water partition coefficient (Wildman–Crippen LogP) is 5.57. The lowest BCUT2D eigenvalue weighted by atomic mass is 9.93. The van der Waals surface area contributed by atoms with Gasteiger partial charge in [-0.2, -0.15) is 0 Å². The Bertz CT molecular complexity index is 1170. The lowest BCUT2D eigenvalue weighted by molar-refractivity contribution is 0.602. The molecule has 0 fully saturated rings. The minimum atomic E-state index is -1.54. The zero-order valence-corrected chi connectivity index (χ0v) is 15.2. The summed E-state index contributed by atoms with van der Waals surface area (Å²) in [5.74, 6) is 0. The van der Waals surface area contributed by atoms with Crippen LogP contribution in [-0.2, 0) is 25.3 Å². The molecule has 4 heteroatoms. The summed E-state index contributed by atoms with van der Waals surface area (Å²) in [6.45, 7) is -1.54. The summed E-state index contributed by atoms with van der Waals surface area (Å²) >= 11 is 4.83. The molecule has 0 spiro atoms. The summed E-state index contributed by atoms with van der Waals surface area (Å²) < 4.78 is 11.9. The number of benzene rings is 4. The van der Waals surface area contributed by atoms with E-state index in [1.165, 1.54) is 27.1 Å². The van der Waals surface area contributed by atoms with Crippen molar-refractivity contribution in [1.82, 2.24) is 0 Å². The summed E-state index contributed by atoms with van der Waals surface area (Å²) in [7, 11) is 0.977. The fraction of sp³-hybridized carbons (Fsp3) is 0. The van der Waals surface area contributed by atoms with Crippen molar-refractivity contribution in [2.24, 2.45) is 0 Å². The van der Waals surface area contributed by atoms with E-state index in [2.05, 4.69) is 54.6 Å². The van der Waals surface area contributed by atoms with Crippen molar-refractivity contribution in [3.63, 3.8) is 0 Å². The van der Waals surface area contributed by atoms with E-state index in [-0.39, 0.29) is 0 Å². The van der Waals surface area contributed by atoms with E-state index in [4.69, 9.17) is 11.2 Å². The van der Waals surface area contributed by atoms with Gasteiger partial charge in [0.1, 0.15) is 0 Å². The molecule has 0 aliphatic heterocycles. The fourth-order valence-electron chi connectivity index (χ4n) is 3.10. The van der Waals surface area contributed by atoms with Crippen LogP contribution in [0.1, 0.15) is 0 Å². The molecule has 4 aromatic carbocycles. The van der Waals surface area contributed by atoms with Gasteiger partial charge in [0.2, 0.25) is 0 Å². The lowest BCUT2D eigenvalue weighted by Crippen LogP contribution is -1.92. The van der Waals surface area contributed by atoms with Crippen molar-refractivity contribution in [2.75, 3.05) is 0 Å². The second-order valence-electron chi connectivity index (χ2n) is 5.57. The molecule has 1 unspecified atom stereocenters. The first kappa shape index (κ1) is 15.5. The average Bonchev–Trinajstić information content (AvgIpc) is 2.67. The average molecular weight is 364 g/mol. The third kappa shape index (κ3) is 2.65. The minimum Gasteiger partial charge on any atom is -0.265 e. The summed E-state index contributed by atoms with van der Waals surface area (Å²) in [5.41, 5.74) is 2.32. The van der Waals surface area contributed by atoms with Crippen LogP contribution in [0.3, 0.4) is 0 Å². The first-order chi connectivity index (χ1) is 11.8. The predicted molar refractivity (Wildman–Crippen MR) is 109 cm³/mol. The number of rotatable bonds is 2.